The zero-order chi connectivity index (χ0) is 18.5. The Labute approximate surface area is 154 Å². The third-order valence-electron chi connectivity index (χ3n) is 5.07. The predicted molar refractivity (Wildman–Crippen MR) is 100 cm³/mol. The van der Waals surface area contributed by atoms with Crippen molar-refractivity contribution in [2.45, 2.75) is 38.8 Å². The number of pyridine rings is 2. The number of aryl methyl sites for hydroxylation is 1. The number of piperidine rings is 1. The first-order valence-electron chi connectivity index (χ1n) is 9.19. The second kappa shape index (κ2) is 8.47. The molecule has 2 aromatic rings. The maximum Gasteiger partial charge on any atom is 0.259 e. The number of aromatic nitrogens is 2. The Morgan fingerprint density at radius 2 is 2.08 bits per heavy atom. The highest BCUT2D eigenvalue weighted by Gasteiger charge is 2.30. The number of hydrogen-bond donors (Lipinski definition) is 1. The molecule has 0 bridgehead atoms. The van der Waals surface area contributed by atoms with Crippen LogP contribution in [0.4, 0.5) is 0 Å². The van der Waals surface area contributed by atoms with Gasteiger partial charge in [0.05, 0.1) is 18.2 Å². The van der Waals surface area contributed by atoms with Gasteiger partial charge in [-0.3, -0.25) is 14.7 Å². The molecule has 1 unspecified atom stereocenters. The molecule has 1 saturated heterocycles. The summed E-state index contributed by atoms with van der Waals surface area (Å²) in [6.45, 7) is 4.57. The molecule has 0 radical (unpaired) electrons. The van der Waals surface area contributed by atoms with Crippen LogP contribution >= 0.6 is 0 Å². The Bertz CT molecular complexity index is 783. The molecule has 1 N–H and O–H groups in total. The topological polar surface area (TPSA) is 67.6 Å². The van der Waals surface area contributed by atoms with Crippen molar-refractivity contribution < 1.29 is 9.84 Å². The lowest BCUT2D eigenvalue weighted by atomic mass is 9.96. The van der Waals surface area contributed by atoms with Crippen LogP contribution in [0.3, 0.4) is 0 Å². The number of ether oxygens (including phenoxy) is 1. The number of likely N-dealkylation sites (tertiary alicyclic amines) is 1. The average Bonchev–Trinajstić information content (AvgIpc) is 2.66. The van der Waals surface area contributed by atoms with Crippen LogP contribution in [0.1, 0.15) is 42.1 Å². The highest BCUT2D eigenvalue weighted by molar-refractivity contribution is 5.40. The summed E-state index contributed by atoms with van der Waals surface area (Å²) in [4.78, 5) is 19.8. The first-order chi connectivity index (χ1) is 12.6. The molecule has 0 amide bonds. The van der Waals surface area contributed by atoms with Gasteiger partial charge in [0.25, 0.3) is 5.56 Å². The highest BCUT2D eigenvalue weighted by atomic mass is 16.5. The van der Waals surface area contributed by atoms with E-state index in [9.17, 15) is 9.90 Å². The van der Waals surface area contributed by atoms with Crippen molar-refractivity contribution in [3.8, 4) is 5.75 Å². The van der Waals surface area contributed by atoms with Crippen molar-refractivity contribution in [2.75, 3.05) is 26.8 Å². The maximum absolute atomic E-state index is 13.3. The van der Waals surface area contributed by atoms with Gasteiger partial charge in [-0.15, -0.1) is 0 Å². The van der Waals surface area contributed by atoms with Crippen LogP contribution in [0.15, 0.2) is 35.4 Å². The van der Waals surface area contributed by atoms with E-state index in [1.807, 2.05) is 19.1 Å². The average molecular weight is 357 g/mol. The van der Waals surface area contributed by atoms with Crippen molar-refractivity contribution in [3.05, 3.63) is 57.8 Å². The molecule has 1 atom stereocenters. The van der Waals surface area contributed by atoms with Crippen LogP contribution in [-0.4, -0.2) is 46.4 Å². The summed E-state index contributed by atoms with van der Waals surface area (Å²) in [5.41, 5.74) is 1.95. The van der Waals surface area contributed by atoms with E-state index in [1.54, 1.807) is 30.1 Å². The SMILES string of the molecule is COCCn1c(C)cc(O)c(C(c2cccnc2)N2CCCCC2)c1=O. The number of rotatable bonds is 6. The summed E-state index contributed by atoms with van der Waals surface area (Å²) >= 11 is 0. The molecule has 26 heavy (non-hydrogen) atoms. The molecule has 0 aromatic carbocycles. The first kappa shape index (κ1) is 18.6. The third-order valence-corrected chi connectivity index (χ3v) is 5.07. The Morgan fingerprint density at radius 3 is 2.73 bits per heavy atom. The summed E-state index contributed by atoms with van der Waals surface area (Å²) in [5, 5.41) is 10.7. The molecule has 6 heteroatoms. The number of hydrogen-bond acceptors (Lipinski definition) is 5. The lowest BCUT2D eigenvalue weighted by Gasteiger charge is -2.35. The number of nitrogens with zero attached hydrogens (tertiary/aromatic N) is 3. The van der Waals surface area contributed by atoms with Crippen molar-refractivity contribution in [2.24, 2.45) is 0 Å². The van der Waals surface area contributed by atoms with Crippen LogP contribution in [0.2, 0.25) is 0 Å². The molecular formula is C20H27N3O3. The minimum atomic E-state index is -0.286. The van der Waals surface area contributed by atoms with Gasteiger partial charge in [0.2, 0.25) is 0 Å². The fourth-order valence-corrected chi connectivity index (χ4v) is 3.76. The van der Waals surface area contributed by atoms with E-state index < -0.39 is 0 Å². The fourth-order valence-electron chi connectivity index (χ4n) is 3.76. The van der Waals surface area contributed by atoms with E-state index in [0.29, 0.717) is 18.7 Å². The molecule has 3 heterocycles. The summed E-state index contributed by atoms with van der Waals surface area (Å²) in [7, 11) is 1.62. The molecule has 1 aliphatic rings. The van der Waals surface area contributed by atoms with E-state index in [0.717, 1.165) is 37.2 Å². The van der Waals surface area contributed by atoms with Gasteiger partial charge in [0, 0.05) is 31.7 Å². The Kier molecular flexibility index (Phi) is 6.06. The minimum absolute atomic E-state index is 0.0561. The van der Waals surface area contributed by atoms with E-state index in [4.69, 9.17) is 4.74 Å². The number of methoxy groups -OCH3 is 1. The van der Waals surface area contributed by atoms with Crippen molar-refractivity contribution >= 4 is 0 Å². The van der Waals surface area contributed by atoms with E-state index in [1.165, 1.54) is 6.42 Å². The summed E-state index contributed by atoms with van der Waals surface area (Å²) < 4.78 is 6.83. The standard InChI is InChI=1S/C20H27N3O3/c1-15-13-17(24)18(20(25)23(15)11-12-26-2)19(16-7-6-8-21-14-16)22-9-4-3-5-10-22/h6-8,13-14,19,24H,3-5,9-12H2,1-2H3. The van der Waals surface area contributed by atoms with Gasteiger partial charge in [0.15, 0.2) is 0 Å². The molecule has 3 rings (SSSR count). The lowest BCUT2D eigenvalue weighted by molar-refractivity contribution is 0.178. The van der Waals surface area contributed by atoms with Gasteiger partial charge in [-0.1, -0.05) is 12.5 Å². The molecule has 0 spiro atoms. The van der Waals surface area contributed by atoms with Crippen molar-refractivity contribution in [1.82, 2.24) is 14.5 Å². The molecule has 1 fully saturated rings. The molecule has 140 valence electrons. The van der Waals surface area contributed by atoms with Gasteiger partial charge < -0.3 is 14.4 Å². The fraction of sp³-hybridized carbons (Fsp3) is 0.500. The zero-order valence-electron chi connectivity index (χ0n) is 15.5. The highest BCUT2D eigenvalue weighted by Crippen LogP contribution is 2.33. The third kappa shape index (κ3) is 3.81. The van der Waals surface area contributed by atoms with Crippen LogP contribution in [-0.2, 0) is 11.3 Å². The van der Waals surface area contributed by atoms with E-state index >= 15 is 0 Å². The van der Waals surface area contributed by atoms with Crippen LogP contribution < -0.4 is 5.56 Å². The molecule has 0 aliphatic carbocycles. The quantitative estimate of drug-likeness (QED) is 0.860. The predicted octanol–water partition coefficient (Wildman–Crippen LogP) is 2.48. The molecular weight excluding hydrogens is 330 g/mol. The van der Waals surface area contributed by atoms with Gasteiger partial charge >= 0.3 is 0 Å². The van der Waals surface area contributed by atoms with Crippen molar-refractivity contribution in [3.63, 3.8) is 0 Å². The molecule has 1 aliphatic heterocycles. The largest absolute Gasteiger partial charge is 0.507 e. The maximum atomic E-state index is 13.3. The second-order valence-electron chi connectivity index (χ2n) is 6.82. The van der Waals surface area contributed by atoms with Gasteiger partial charge in [-0.05, 0) is 50.6 Å². The molecule has 2 aromatic heterocycles. The summed E-state index contributed by atoms with van der Waals surface area (Å²) in [6, 6.07) is 5.25. The van der Waals surface area contributed by atoms with Gasteiger partial charge in [-0.25, -0.2) is 0 Å². The Hall–Kier alpha value is -2.18. The first-order valence-corrected chi connectivity index (χ1v) is 9.19. The monoisotopic (exact) mass is 357 g/mol. The Morgan fingerprint density at radius 1 is 1.31 bits per heavy atom. The van der Waals surface area contributed by atoms with E-state index in [-0.39, 0.29) is 17.4 Å². The van der Waals surface area contributed by atoms with Crippen LogP contribution in [0, 0.1) is 6.92 Å². The molecule has 6 nitrogen and oxygen atoms in total. The summed E-state index contributed by atoms with van der Waals surface area (Å²) in [5.74, 6) is 0.0561. The number of aromatic hydroxyl groups is 1. The van der Waals surface area contributed by atoms with Crippen molar-refractivity contribution in [1.29, 1.82) is 0 Å². The summed E-state index contributed by atoms with van der Waals surface area (Å²) in [6.07, 6.45) is 6.91. The zero-order valence-corrected chi connectivity index (χ0v) is 15.5. The normalized spacial score (nSPS) is 16.5. The minimum Gasteiger partial charge on any atom is -0.507 e. The Balaban J connectivity index is 2.13. The van der Waals surface area contributed by atoms with E-state index in [2.05, 4.69) is 9.88 Å². The molecule has 0 saturated carbocycles. The van der Waals surface area contributed by atoms with Gasteiger partial charge in [0.1, 0.15) is 5.75 Å². The second-order valence-corrected chi connectivity index (χ2v) is 6.82. The van der Waals surface area contributed by atoms with Gasteiger partial charge in [-0.2, -0.15) is 0 Å². The lowest BCUT2D eigenvalue weighted by Crippen LogP contribution is -2.39. The van der Waals surface area contributed by atoms with Crippen LogP contribution in [0.25, 0.3) is 0 Å². The smallest absolute Gasteiger partial charge is 0.259 e. The van der Waals surface area contributed by atoms with Crippen LogP contribution in [0.5, 0.6) is 5.75 Å².